The minimum atomic E-state index is -1.07. The summed E-state index contributed by atoms with van der Waals surface area (Å²) in [7, 11) is 3.83. The topological polar surface area (TPSA) is 97.0 Å². The number of hydrogen-bond donors (Lipinski definition) is 1. The molecule has 0 spiro atoms. The summed E-state index contributed by atoms with van der Waals surface area (Å²) >= 11 is 3.07. The van der Waals surface area contributed by atoms with E-state index in [9.17, 15) is 4.79 Å². The van der Waals surface area contributed by atoms with E-state index in [-0.39, 0.29) is 5.69 Å². The van der Waals surface area contributed by atoms with Crippen LogP contribution in [0.4, 0.5) is 5.13 Å². The molecule has 19 heavy (non-hydrogen) atoms. The molecule has 0 aromatic carbocycles. The van der Waals surface area contributed by atoms with Gasteiger partial charge in [0.05, 0.1) is 12.7 Å². The Morgan fingerprint density at radius 3 is 2.84 bits per heavy atom. The fourth-order valence-corrected chi connectivity index (χ4v) is 2.94. The lowest BCUT2D eigenvalue weighted by Crippen LogP contribution is -2.07. The molecule has 0 unspecified atom stereocenters. The van der Waals surface area contributed by atoms with Crippen molar-refractivity contribution in [3.8, 4) is 0 Å². The second-order valence-corrected chi connectivity index (χ2v) is 6.06. The maximum Gasteiger partial charge on any atom is 0.358 e. The van der Waals surface area contributed by atoms with Gasteiger partial charge in [0.25, 0.3) is 0 Å². The summed E-state index contributed by atoms with van der Waals surface area (Å²) in [5, 5.41) is 24.9. The molecule has 0 fully saturated rings. The number of aromatic carboxylic acids is 1. The highest BCUT2D eigenvalue weighted by atomic mass is 32.2. The summed E-state index contributed by atoms with van der Waals surface area (Å²) in [6.07, 6.45) is 1.41. The Balaban J connectivity index is 1.83. The van der Waals surface area contributed by atoms with Crippen molar-refractivity contribution >= 4 is 34.2 Å². The molecule has 0 aliphatic rings. The molecule has 0 bridgehead atoms. The van der Waals surface area contributed by atoms with E-state index in [1.165, 1.54) is 22.2 Å². The van der Waals surface area contributed by atoms with Crippen molar-refractivity contribution in [2.45, 2.75) is 10.9 Å². The minimum Gasteiger partial charge on any atom is -0.476 e. The Kier molecular flexibility index (Phi) is 4.32. The molecule has 2 aromatic rings. The Hall–Kier alpha value is -1.68. The second-order valence-electron chi connectivity index (χ2n) is 3.77. The maximum absolute atomic E-state index is 10.6. The molecule has 0 saturated carbocycles. The number of thioether (sulfide) groups is 1. The van der Waals surface area contributed by atoms with Crippen molar-refractivity contribution < 1.29 is 9.90 Å². The third-order valence-electron chi connectivity index (χ3n) is 2.08. The fraction of sp³-hybridized carbons (Fsp3) is 0.444. The van der Waals surface area contributed by atoms with E-state index in [2.05, 4.69) is 20.5 Å². The Labute approximate surface area is 117 Å². The molecule has 0 aliphatic heterocycles. The first-order chi connectivity index (χ1) is 9.06. The van der Waals surface area contributed by atoms with Crippen molar-refractivity contribution in [3.05, 3.63) is 11.9 Å². The van der Waals surface area contributed by atoms with Gasteiger partial charge in [-0.25, -0.2) is 4.79 Å². The van der Waals surface area contributed by atoms with Crippen LogP contribution in [-0.4, -0.2) is 56.1 Å². The van der Waals surface area contributed by atoms with E-state index in [1.807, 2.05) is 19.0 Å². The van der Waals surface area contributed by atoms with Crippen LogP contribution in [0.3, 0.4) is 0 Å². The minimum absolute atomic E-state index is 0.0455. The summed E-state index contributed by atoms with van der Waals surface area (Å²) in [4.78, 5) is 12.5. The van der Waals surface area contributed by atoms with Crippen molar-refractivity contribution in [3.63, 3.8) is 0 Å². The monoisotopic (exact) mass is 300 g/mol. The molecule has 1 N–H and O–H groups in total. The normalized spacial score (nSPS) is 10.6. The molecule has 2 aromatic heterocycles. The fourth-order valence-electron chi connectivity index (χ4n) is 1.17. The molecule has 10 heteroatoms. The van der Waals surface area contributed by atoms with Gasteiger partial charge in [-0.15, -0.1) is 15.3 Å². The Bertz CT molecular complexity index is 567. The molecular formula is C9H12N6O2S2. The first-order valence-electron chi connectivity index (χ1n) is 5.33. The van der Waals surface area contributed by atoms with E-state index >= 15 is 0 Å². The second kappa shape index (κ2) is 5.97. The molecule has 2 rings (SSSR count). The van der Waals surface area contributed by atoms with Crippen LogP contribution in [0.5, 0.6) is 0 Å². The summed E-state index contributed by atoms with van der Waals surface area (Å²) in [6, 6.07) is 0. The van der Waals surface area contributed by atoms with Crippen molar-refractivity contribution in [1.29, 1.82) is 0 Å². The number of carboxylic acid groups (broad SMARTS) is 1. The lowest BCUT2D eigenvalue weighted by molar-refractivity contribution is 0.0690. The highest BCUT2D eigenvalue weighted by molar-refractivity contribution is 8.01. The van der Waals surface area contributed by atoms with Crippen LogP contribution in [0.15, 0.2) is 10.5 Å². The molecule has 0 aliphatic carbocycles. The average molecular weight is 300 g/mol. The zero-order valence-electron chi connectivity index (χ0n) is 10.3. The van der Waals surface area contributed by atoms with E-state index in [0.717, 1.165) is 15.2 Å². The molecule has 0 amide bonds. The highest BCUT2D eigenvalue weighted by Crippen LogP contribution is 2.26. The summed E-state index contributed by atoms with van der Waals surface area (Å²) in [6.45, 7) is 0.571. The zero-order valence-corrected chi connectivity index (χ0v) is 12.0. The van der Waals surface area contributed by atoms with Gasteiger partial charge in [0, 0.05) is 19.8 Å². The third-order valence-corrected chi connectivity index (χ3v) is 4.29. The smallest absolute Gasteiger partial charge is 0.358 e. The Morgan fingerprint density at radius 1 is 1.47 bits per heavy atom. The van der Waals surface area contributed by atoms with Gasteiger partial charge in [-0.1, -0.05) is 28.3 Å². The number of hydrogen-bond acceptors (Lipinski definition) is 8. The van der Waals surface area contributed by atoms with Crippen LogP contribution in [0, 0.1) is 0 Å². The number of carbonyl (C=O) groups is 1. The van der Waals surface area contributed by atoms with Crippen LogP contribution >= 0.6 is 23.1 Å². The standard InChI is InChI=1S/C9H12N6O2S2/c1-14(2)8-11-12-9(19-8)18-4-3-15-5-6(7(16)17)10-13-15/h5H,3-4H2,1-2H3,(H,16,17). The highest BCUT2D eigenvalue weighted by Gasteiger charge is 2.09. The quantitative estimate of drug-likeness (QED) is 0.778. The van der Waals surface area contributed by atoms with Crippen LogP contribution in [-0.2, 0) is 6.54 Å². The van der Waals surface area contributed by atoms with E-state index in [4.69, 9.17) is 5.11 Å². The number of carboxylic acids is 1. The largest absolute Gasteiger partial charge is 0.476 e. The third kappa shape index (κ3) is 3.64. The van der Waals surface area contributed by atoms with E-state index in [0.29, 0.717) is 6.54 Å². The lowest BCUT2D eigenvalue weighted by atomic mass is 10.5. The first-order valence-corrected chi connectivity index (χ1v) is 7.13. The van der Waals surface area contributed by atoms with Gasteiger partial charge in [0.1, 0.15) is 0 Å². The molecule has 102 valence electrons. The lowest BCUT2D eigenvalue weighted by Gasteiger charge is -2.03. The van der Waals surface area contributed by atoms with Crippen molar-refractivity contribution in [2.24, 2.45) is 0 Å². The van der Waals surface area contributed by atoms with Gasteiger partial charge in [-0.3, -0.25) is 4.68 Å². The van der Waals surface area contributed by atoms with Gasteiger partial charge < -0.3 is 10.0 Å². The van der Waals surface area contributed by atoms with Gasteiger partial charge in [-0.2, -0.15) is 0 Å². The van der Waals surface area contributed by atoms with Gasteiger partial charge in [0.15, 0.2) is 10.0 Å². The van der Waals surface area contributed by atoms with Crippen molar-refractivity contribution in [2.75, 3.05) is 24.7 Å². The van der Waals surface area contributed by atoms with Crippen LogP contribution in [0.25, 0.3) is 0 Å². The number of anilines is 1. The molecule has 0 radical (unpaired) electrons. The SMILES string of the molecule is CN(C)c1nnc(SCCn2cc(C(=O)O)nn2)s1. The molecule has 0 saturated heterocycles. The predicted octanol–water partition coefficient (Wildman–Crippen LogP) is 0.686. The number of aryl methyl sites for hydroxylation is 1. The first kappa shape index (κ1) is 13.7. The Morgan fingerprint density at radius 2 is 2.26 bits per heavy atom. The van der Waals surface area contributed by atoms with Gasteiger partial charge in [0.2, 0.25) is 5.13 Å². The summed E-state index contributed by atoms with van der Waals surface area (Å²) < 4.78 is 2.38. The predicted molar refractivity (Wildman–Crippen MR) is 71.9 cm³/mol. The molecule has 2 heterocycles. The van der Waals surface area contributed by atoms with Crippen LogP contribution < -0.4 is 4.90 Å². The maximum atomic E-state index is 10.6. The van der Waals surface area contributed by atoms with Crippen LogP contribution in [0.2, 0.25) is 0 Å². The zero-order chi connectivity index (χ0) is 13.8. The number of nitrogens with zero attached hydrogens (tertiary/aromatic N) is 6. The average Bonchev–Trinajstić information content (AvgIpc) is 2.97. The van der Waals surface area contributed by atoms with Crippen LogP contribution in [0.1, 0.15) is 10.5 Å². The summed E-state index contributed by atoms with van der Waals surface area (Å²) in [5.74, 6) is -0.344. The molecule has 0 atom stereocenters. The van der Waals surface area contributed by atoms with Crippen molar-refractivity contribution in [1.82, 2.24) is 25.2 Å². The summed E-state index contributed by atoms with van der Waals surface area (Å²) in [5.41, 5.74) is -0.0455. The molecular weight excluding hydrogens is 288 g/mol. The van der Waals surface area contributed by atoms with Gasteiger partial charge >= 0.3 is 5.97 Å². The van der Waals surface area contributed by atoms with E-state index < -0.39 is 5.97 Å². The number of aromatic nitrogens is 5. The number of rotatable bonds is 6. The molecule has 8 nitrogen and oxygen atoms in total. The van der Waals surface area contributed by atoms with Gasteiger partial charge in [-0.05, 0) is 0 Å². The van der Waals surface area contributed by atoms with E-state index in [1.54, 1.807) is 11.8 Å².